The van der Waals surface area contributed by atoms with Gasteiger partial charge in [0.25, 0.3) is 0 Å². The number of halogens is 6. The second kappa shape index (κ2) is 11.9. The molecule has 0 bridgehead atoms. The van der Waals surface area contributed by atoms with E-state index in [0.717, 1.165) is 24.3 Å². The van der Waals surface area contributed by atoms with Crippen LogP contribution in [0, 0.1) is 30.2 Å². The number of hydrogen-bond acceptors (Lipinski definition) is 1. The molecule has 0 aromatic heterocycles. The summed E-state index contributed by atoms with van der Waals surface area (Å²) in [6, 6.07) is 16.3. The molecule has 31 heavy (non-hydrogen) atoms. The molecule has 7 heteroatoms. The number of rotatable bonds is 6. The van der Waals surface area contributed by atoms with Gasteiger partial charge in [0.15, 0.2) is 23.3 Å². The minimum absolute atomic E-state index is 0.187. The summed E-state index contributed by atoms with van der Waals surface area (Å²) in [5.74, 6) is -7.10. The highest BCUT2D eigenvalue weighted by atomic mass is 35.5. The van der Waals surface area contributed by atoms with E-state index in [4.69, 9.17) is 23.2 Å². The number of carbonyl (C=O) groups is 1. The Balaban J connectivity index is 0.000000412. The lowest BCUT2D eigenvalue weighted by Gasteiger charge is -2.20. The second-order valence-electron chi connectivity index (χ2n) is 6.82. The Hall–Kier alpha value is -2.37. The molecule has 0 amide bonds. The smallest absolute Gasteiger partial charge is 0.159 e. The molecule has 0 aliphatic carbocycles. The lowest BCUT2D eigenvalue weighted by Crippen LogP contribution is -2.23. The van der Waals surface area contributed by atoms with E-state index in [9.17, 15) is 22.4 Å². The zero-order chi connectivity index (χ0) is 23.0. The van der Waals surface area contributed by atoms with Crippen LogP contribution in [0.2, 0.25) is 0 Å². The van der Waals surface area contributed by atoms with Crippen LogP contribution < -0.4 is 0 Å². The fourth-order valence-electron chi connectivity index (χ4n) is 2.89. The molecule has 0 N–H and O–H groups in total. The fraction of sp³-hybridized carbons (Fsp3) is 0.208. The van der Waals surface area contributed by atoms with Crippen LogP contribution in [0.15, 0.2) is 66.7 Å². The summed E-state index contributed by atoms with van der Waals surface area (Å²) in [5, 5.41) is 0. The summed E-state index contributed by atoms with van der Waals surface area (Å²) < 4.78 is 52.9. The van der Waals surface area contributed by atoms with E-state index in [1.165, 1.54) is 17.7 Å². The third-order valence-electron chi connectivity index (χ3n) is 4.63. The summed E-state index contributed by atoms with van der Waals surface area (Å²) >= 11 is 11.6. The number of ketones is 1. The molecular formula is C24H20Cl2F4O. The summed E-state index contributed by atoms with van der Waals surface area (Å²) in [6.07, 6.45) is 0. The first-order chi connectivity index (χ1) is 14.8. The fourth-order valence-corrected chi connectivity index (χ4v) is 3.55. The Labute approximate surface area is 188 Å². The van der Waals surface area contributed by atoms with Crippen LogP contribution in [0.5, 0.6) is 0 Å². The van der Waals surface area contributed by atoms with E-state index in [0.29, 0.717) is 0 Å². The molecule has 0 spiro atoms. The summed E-state index contributed by atoms with van der Waals surface area (Å²) in [5.41, 5.74) is 1.70. The minimum atomic E-state index is -1.11. The first-order valence-electron chi connectivity index (χ1n) is 9.35. The van der Waals surface area contributed by atoms with Gasteiger partial charge in [-0.25, -0.2) is 17.6 Å². The largest absolute Gasteiger partial charge is 0.298 e. The van der Waals surface area contributed by atoms with Gasteiger partial charge in [-0.1, -0.05) is 48.0 Å². The van der Waals surface area contributed by atoms with Crippen molar-refractivity contribution in [2.24, 2.45) is 0 Å². The maximum absolute atomic E-state index is 13.4. The summed E-state index contributed by atoms with van der Waals surface area (Å²) in [7, 11) is 0. The third-order valence-corrected chi connectivity index (χ3v) is 5.25. The average Bonchev–Trinajstić information content (AvgIpc) is 2.75. The van der Waals surface area contributed by atoms with Crippen LogP contribution >= 0.6 is 23.2 Å². The summed E-state index contributed by atoms with van der Waals surface area (Å²) in [4.78, 5) is 12.7. The number of benzene rings is 3. The molecule has 0 saturated heterocycles. The third kappa shape index (κ3) is 6.81. The maximum atomic E-state index is 13.4. The van der Waals surface area contributed by atoms with Crippen LogP contribution in [0.25, 0.3) is 0 Å². The van der Waals surface area contributed by atoms with Crippen molar-refractivity contribution in [3.8, 4) is 0 Å². The Kier molecular flexibility index (Phi) is 9.53. The molecule has 0 radical (unpaired) electrons. The van der Waals surface area contributed by atoms with E-state index in [-0.39, 0.29) is 22.9 Å². The van der Waals surface area contributed by atoms with Gasteiger partial charge in [-0.15, -0.1) is 23.2 Å². The van der Waals surface area contributed by atoms with Crippen molar-refractivity contribution < 1.29 is 22.4 Å². The molecule has 1 nitrogen and oxygen atoms in total. The molecule has 0 saturated carbocycles. The highest BCUT2D eigenvalue weighted by Gasteiger charge is 2.29. The first kappa shape index (κ1) is 24.9. The molecule has 0 aliphatic heterocycles. The molecule has 3 aromatic carbocycles. The van der Waals surface area contributed by atoms with Crippen LogP contribution in [0.1, 0.15) is 28.5 Å². The van der Waals surface area contributed by atoms with E-state index in [1.807, 2.05) is 18.2 Å². The van der Waals surface area contributed by atoms with Crippen LogP contribution in [-0.2, 0) is 4.79 Å². The highest BCUT2D eigenvalue weighted by molar-refractivity contribution is 6.22. The van der Waals surface area contributed by atoms with Gasteiger partial charge in [0.2, 0.25) is 0 Å². The molecular weight excluding hydrogens is 451 g/mol. The molecule has 2 atom stereocenters. The zero-order valence-corrected chi connectivity index (χ0v) is 18.1. The van der Waals surface area contributed by atoms with E-state index in [1.54, 1.807) is 0 Å². The standard InChI is InChI=1S/C17H12Cl2F4O.C7H8/c18-7-11(9-1-3-13(20)15(22)5-9)17(24)12(8-19)10-2-4-14(21)16(23)6-10;1-7-5-3-2-4-6-7/h1-6,11-12H,7-8H2;2-6H,1H3. The molecule has 0 fully saturated rings. The molecule has 164 valence electrons. The van der Waals surface area contributed by atoms with Crippen molar-refractivity contribution in [3.63, 3.8) is 0 Å². The SMILES string of the molecule is Cc1ccccc1.O=C(C(CCl)c1ccc(F)c(F)c1)C(CCl)c1ccc(F)c(F)c1. The van der Waals surface area contributed by atoms with Gasteiger partial charge in [0, 0.05) is 11.8 Å². The van der Waals surface area contributed by atoms with Crippen LogP contribution in [0.4, 0.5) is 17.6 Å². The first-order valence-corrected chi connectivity index (χ1v) is 10.4. The number of carbonyl (C=O) groups excluding carboxylic acids is 1. The van der Waals surface area contributed by atoms with Crippen molar-refractivity contribution in [1.82, 2.24) is 0 Å². The quantitative estimate of drug-likeness (QED) is 0.276. The van der Waals surface area contributed by atoms with E-state index >= 15 is 0 Å². The van der Waals surface area contributed by atoms with Crippen molar-refractivity contribution >= 4 is 29.0 Å². The van der Waals surface area contributed by atoms with E-state index < -0.39 is 40.9 Å². The lowest BCUT2D eigenvalue weighted by molar-refractivity contribution is -0.121. The highest BCUT2D eigenvalue weighted by Crippen LogP contribution is 2.30. The number of alkyl halides is 2. The number of aryl methyl sites for hydroxylation is 1. The zero-order valence-electron chi connectivity index (χ0n) is 16.6. The molecule has 3 aromatic rings. The van der Waals surface area contributed by atoms with Crippen LogP contribution in [-0.4, -0.2) is 17.5 Å². The maximum Gasteiger partial charge on any atom is 0.159 e. The molecule has 0 aliphatic rings. The minimum Gasteiger partial charge on any atom is -0.298 e. The van der Waals surface area contributed by atoms with Crippen molar-refractivity contribution in [3.05, 3.63) is 107 Å². The normalized spacial score (nSPS) is 12.5. The Bertz CT molecular complexity index is 950. The summed E-state index contributed by atoms with van der Waals surface area (Å²) in [6.45, 7) is 2.08. The molecule has 0 heterocycles. The number of hydrogen-bond donors (Lipinski definition) is 0. The Morgan fingerprint density at radius 2 is 1.13 bits per heavy atom. The average molecular weight is 471 g/mol. The topological polar surface area (TPSA) is 17.1 Å². The van der Waals surface area contributed by atoms with Gasteiger partial charge in [0.1, 0.15) is 5.78 Å². The number of Topliss-reactive ketones (excluding diaryl/α,β-unsaturated/α-hetero) is 1. The molecule has 3 rings (SSSR count). The van der Waals surface area contributed by atoms with Gasteiger partial charge in [-0.05, 0) is 42.3 Å². The van der Waals surface area contributed by atoms with Gasteiger partial charge < -0.3 is 0 Å². The predicted octanol–water partition coefficient (Wildman–Crippen LogP) is 7.15. The van der Waals surface area contributed by atoms with Gasteiger partial charge in [-0.2, -0.15) is 0 Å². The molecule has 2 unspecified atom stereocenters. The van der Waals surface area contributed by atoms with Crippen molar-refractivity contribution in [1.29, 1.82) is 0 Å². The second-order valence-corrected chi connectivity index (χ2v) is 7.44. The van der Waals surface area contributed by atoms with Gasteiger partial charge in [-0.3, -0.25) is 4.79 Å². The monoisotopic (exact) mass is 470 g/mol. The Morgan fingerprint density at radius 3 is 1.42 bits per heavy atom. The predicted molar refractivity (Wildman–Crippen MR) is 116 cm³/mol. The van der Waals surface area contributed by atoms with Gasteiger partial charge >= 0.3 is 0 Å². The van der Waals surface area contributed by atoms with Crippen LogP contribution in [0.3, 0.4) is 0 Å². The van der Waals surface area contributed by atoms with Crippen molar-refractivity contribution in [2.45, 2.75) is 18.8 Å². The van der Waals surface area contributed by atoms with Gasteiger partial charge in [0.05, 0.1) is 11.8 Å². The van der Waals surface area contributed by atoms with E-state index in [2.05, 4.69) is 19.1 Å². The Morgan fingerprint density at radius 1 is 0.710 bits per heavy atom. The van der Waals surface area contributed by atoms with Crippen molar-refractivity contribution in [2.75, 3.05) is 11.8 Å². The lowest BCUT2D eigenvalue weighted by atomic mass is 9.85.